The summed E-state index contributed by atoms with van der Waals surface area (Å²) in [6, 6.07) is 13.2. The van der Waals surface area contributed by atoms with Crippen molar-refractivity contribution in [1.29, 1.82) is 0 Å². The van der Waals surface area contributed by atoms with Gasteiger partial charge in [0.15, 0.2) is 9.84 Å². The lowest BCUT2D eigenvalue weighted by Crippen LogP contribution is -1.99. The third-order valence-corrected chi connectivity index (χ3v) is 4.80. The first-order valence-electron chi connectivity index (χ1n) is 5.06. The molecule has 2 nitrogen and oxygen atoms in total. The van der Waals surface area contributed by atoms with Crippen molar-refractivity contribution >= 4 is 37.4 Å². The Labute approximate surface area is 120 Å². The van der Waals surface area contributed by atoms with E-state index < -0.39 is 9.84 Å². The first-order valence-corrected chi connectivity index (χ1v) is 8.12. The minimum atomic E-state index is -3.29. The molecule has 0 aliphatic rings. The first kappa shape index (κ1) is 13.6. The lowest BCUT2D eigenvalue weighted by Gasteiger charge is -2.08. The van der Waals surface area contributed by atoms with Crippen LogP contribution in [0.5, 0.6) is 0 Å². The van der Waals surface area contributed by atoms with Gasteiger partial charge in [-0.1, -0.05) is 29.8 Å². The molecular weight excluding hydrogens is 336 g/mol. The molecule has 2 aromatic carbocycles. The molecule has 0 unspecified atom stereocenters. The highest BCUT2D eigenvalue weighted by molar-refractivity contribution is 9.10. The highest BCUT2D eigenvalue weighted by Gasteiger charge is 2.14. The molecule has 5 heteroatoms. The number of sulfone groups is 1. The zero-order valence-corrected chi connectivity index (χ0v) is 12.6. The van der Waals surface area contributed by atoms with Crippen LogP contribution < -0.4 is 0 Å². The predicted octanol–water partition coefficient (Wildman–Crippen LogP) is 3.97. The number of hydrogen-bond acceptors (Lipinski definition) is 2. The Bertz CT molecular complexity index is 696. The van der Waals surface area contributed by atoms with Crippen molar-refractivity contribution in [2.24, 2.45) is 0 Å². The van der Waals surface area contributed by atoms with Crippen molar-refractivity contribution < 1.29 is 8.42 Å². The summed E-state index contributed by atoms with van der Waals surface area (Å²) in [7, 11) is -3.29. The van der Waals surface area contributed by atoms with E-state index in [4.69, 9.17) is 11.6 Å². The Balaban J connectivity index is 2.68. The second kappa shape index (κ2) is 5.03. The maximum absolute atomic E-state index is 11.7. The Morgan fingerprint density at radius 2 is 2.00 bits per heavy atom. The van der Waals surface area contributed by atoms with E-state index in [2.05, 4.69) is 22.0 Å². The van der Waals surface area contributed by atoms with Gasteiger partial charge < -0.3 is 0 Å². The predicted molar refractivity (Wildman–Crippen MR) is 76.5 cm³/mol. The summed E-state index contributed by atoms with van der Waals surface area (Å²) < 4.78 is 24.2. The highest BCUT2D eigenvalue weighted by atomic mass is 79.9. The quantitative estimate of drug-likeness (QED) is 0.826. The van der Waals surface area contributed by atoms with Crippen LogP contribution in [-0.4, -0.2) is 14.7 Å². The van der Waals surface area contributed by atoms with Crippen LogP contribution >= 0.6 is 27.5 Å². The monoisotopic (exact) mass is 343 g/mol. The van der Waals surface area contributed by atoms with Crippen molar-refractivity contribution in [3.63, 3.8) is 0 Å². The molecule has 18 heavy (non-hydrogen) atoms. The average Bonchev–Trinajstić information content (AvgIpc) is 2.32. The third-order valence-electron chi connectivity index (χ3n) is 2.43. The fourth-order valence-electron chi connectivity index (χ4n) is 1.61. The number of hydrogen-bond donors (Lipinski definition) is 0. The topological polar surface area (TPSA) is 34.1 Å². The third kappa shape index (κ3) is 2.76. The van der Waals surface area contributed by atoms with Crippen LogP contribution in [0.3, 0.4) is 0 Å². The molecule has 0 bridgehead atoms. The molecule has 1 radical (unpaired) electrons. The molecule has 0 fully saturated rings. The van der Waals surface area contributed by atoms with Crippen molar-refractivity contribution in [3.05, 3.63) is 52.0 Å². The van der Waals surface area contributed by atoms with Gasteiger partial charge >= 0.3 is 0 Å². The molecule has 0 heterocycles. The van der Waals surface area contributed by atoms with E-state index >= 15 is 0 Å². The molecule has 2 aromatic rings. The fraction of sp³-hybridized carbons (Fsp3) is 0.0769. The van der Waals surface area contributed by atoms with Gasteiger partial charge in [0, 0.05) is 16.3 Å². The lowest BCUT2D eigenvalue weighted by molar-refractivity contribution is 0.602. The van der Waals surface area contributed by atoms with Gasteiger partial charge in [-0.05, 0) is 45.8 Å². The van der Waals surface area contributed by atoms with Gasteiger partial charge in [-0.3, -0.25) is 0 Å². The van der Waals surface area contributed by atoms with Gasteiger partial charge in [0.2, 0.25) is 0 Å². The Hall–Kier alpha value is -0.840. The van der Waals surface area contributed by atoms with Crippen LogP contribution in [0.25, 0.3) is 11.1 Å². The van der Waals surface area contributed by atoms with E-state index in [1.165, 1.54) is 6.26 Å². The van der Waals surface area contributed by atoms with Crippen LogP contribution in [0.4, 0.5) is 0 Å². The van der Waals surface area contributed by atoms with E-state index in [1.54, 1.807) is 36.4 Å². The van der Waals surface area contributed by atoms with Crippen molar-refractivity contribution in [1.82, 2.24) is 0 Å². The molecular formula is C13H9BrClO2S. The Kier molecular flexibility index (Phi) is 3.80. The zero-order valence-electron chi connectivity index (χ0n) is 9.44. The molecule has 93 valence electrons. The molecule has 0 N–H and O–H groups in total. The maximum atomic E-state index is 11.7. The van der Waals surface area contributed by atoms with Crippen LogP contribution in [0.1, 0.15) is 0 Å². The van der Waals surface area contributed by atoms with Crippen molar-refractivity contribution in [3.8, 4) is 11.1 Å². The van der Waals surface area contributed by atoms with Crippen LogP contribution in [0, 0.1) is 6.07 Å². The highest BCUT2D eigenvalue weighted by Crippen LogP contribution is 2.31. The molecule has 0 spiro atoms. The number of halogens is 2. The van der Waals surface area contributed by atoms with E-state index in [-0.39, 0.29) is 4.90 Å². The normalized spacial score (nSPS) is 11.5. The molecule has 0 atom stereocenters. The molecule has 0 aliphatic heterocycles. The van der Waals surface area contributed by atoms with E-state index in [9.17, 15) is 8.42 Å². The lowest BCUT2D eigenvalue weighted by atomic mass is 10.1. The molecule has 0 saturated heterocycles. The van der Waals surface area contributed by atoms with Crippen LogP contribution in [0.15, 0.2) is 45.8 Å². The van der Waals surface area contributed by atoms with E-state index in [0.29, 0.717) is 10.6 Å². The summed E-state index contributed by atoms with van der Waals surface area (Å²) in [5, 5.41) is 0.532. The molecule has 2 rings (SSSR count). The maximum Gasteiger partial charge on any atom is 0.176 e. The average molecular weight is 345 g/mol. The standard InChI is InChI=1S/C13H9BrClO2S/c1-18(16,17)13-5-3-2-4-10(13)9-6-7-11(14)12(15)8-9/h2-3,5-8H,1H3. The van der Waals surface area contributed by atoms with Gasteiger partial charge in [-0.25, -0.2) is 8.42 Å². The molecule has 0 saturated carbocycles. The summed E-state index contributed by atoms with van der Waals surface area (Å²) in [5.74, 6) is 0. The van der Waals surface area contributed by atoms with Gasteiger partial charge in [0.25, 0.3) is 0 Å². The van der Waals surface area contributed by atoms with Gasteiger partial charge in [0.05, 0.1) is 9.92 Å². The second-order valence-electron chi connectivity index (χ2n) is 3.81. The summed E-state index contributed by atoms with van der Waals surface area (Å²) in [4.78, 5) is 0.253. The van der Waals surface area contributed by atoms with Crippen molar-refractivity contribution in [2.45, 2.75) is 4.90 Å². The first-order chi connectivity index (χ1) is 8.39. The minimum Gasteiger partial charge on any atom is -0.224 e. The van der Waals surface area contributed by atoms with Crippen LogP contribution in [0.2, 0.25) is 5.02 Å². The minimum absolute atomic E-state index is 0.253. The van der Waals surface area contributed by atoms with Gasteiger partial charge in [-0.2, -0.15) is 0 Å². The Morgan fingerprint density at radius 3 is 2.61 bits per heavy atom. The summed E-state index contributed by atoms with van der Waals surface area (Å²) in [5.41, 5.74) is 1.26. The Morgan fingerprint density at radius 1 is 1.28 bits per heavy atom. The summed E-state index contributed by atoms with van der Waals surface area (Å²) in [6.07, 6.45) is 1.18. The van der Waals surface area contributed by atoms with Gasteiger partial charge in [0.1, 0.15) is 0 Å². The fourth-order valence-corrected chi connectivity index (χ4v) is 2.91. The SMILES string of the molecule is CS(=O)(=O)c1ccc[c]c1-c1ccc(Br)c(Cl)c1. The van der Waals surface area contributed by atoms with Gasteiger partial charge in [-0.15, -0.1) is 0 Å². The summed E-state index contributed by atoms with van der Waals surface area (Å²) in [6.45, 7) is 0. The van der Waals surface area contributed by atoms with Crippen LogP contribution in [-0.2, 0) is 9.84 Å². The summed E-state index contributed by atoms with van der Waals surface area (Å²) >= 11 is 9.32. The second-order valence-corrected chi connectivity index (χ2v) is 7.06. The zero-order chi connectivity index (χ0) is 13.3. The number of rotatable bonds is 2. The van der Waals surface area contributed by atoms with E-state index in [0.717, 1.165) is 10.0 Å². The largest absolute Gasteiger partial charge is 0.224 e. The van der Waals surface area contributed by atoms with E-state index in [1.807, 2.05) is 0 Å². The number of benzene rings is 2. The molecule has 0 aromatic heterocycles. The molecule has 0 amide bonds. The molecule has 0 aliphatic carbocycles. The smallest absolute Gasteiger partial charge is 0.176 e. The van der Waals surface area contributed by atoms with Crippen molar-refractivity contribution in [2.75, 3.05) is 6.26 Å².